The van der Waals surface area contributed by atoms with E-state index in [0.29, 0.717) is 12.0 Å². The lowest BCUT2D eigenvalue weighted by atomic mass is 9.86. The molecular formula is C20H21BrN2OS. The zero-order chi connectivity index (χ0) is 16.8. The predicted molar refractivity (Wildman–Crippen MR) is 105 cm³/mol. The van der Waals surface area contributed by atoms with Crippen LogP contribution < -0.4 is 4.74 Å². The van der Waals surface area contributed by atoms with Crippen molar-refractivity contribution in [3.05, 3.63) is 50.6 Å². The molecule has 5 rings (SSSR count). The summed E-state index contributed by atoms with van der Waals surface area (Å²) >= 11 is 5.40. The van der Waals surface area contributed by atoms with Gasteiger partial charge in [0.2, 0.25) is 0 Å². The normalized spacial score (nSPS) is 26.0. The Balaban J connectivity index is 1.55. The van der Waals surface area contributed by atoms with Gasteiger partial charge in [0.05, 0.1) is 16.6 Å². The van der Waals surface area contributed by atoms with Crippen molar-refractivity contribution >= 4 is 33.0 Å². The number of fused-ring (bicyclic) bond motifs is 3. The number of halogens is 1. The van der Waals surface area contributed by atoms with Crippen LogP contribution in [-0.4, -0.2) is 16.9 Å². The van der Waals surface area contributed by atoms with E-state index in [1.807, 2.05) is 0 Å². The summed E-state index contributed by atoms with van der Waals surface area (Å²) in [5.74, 6) is 1.63. The molecule has 0 radical (unpaired) electrons. The van der Waals surface area contributed by atoms with Crippen LogP contribution in [0.1, 0.15) is 55.0 Å². The topological polar surface area (TPSA) is 24.8 Å². The third-order valence-electron chi connectivity index (χ3n) is 5.64. The molecule has 2 aliphatic heterocycles. The molecule has 0 N–H and O–H groups in total. The van der Waals surface area contributed by atoms with Crippen LogP contribution in [-0.2, 0) is 0 Å². The van der Waals surface area contributed by atoms with Crippen molar-refractivity contribution in [1.82, 2.24) is 5.01 Å². The minimum atomic E-state index is 0.0800. The van der Waals surface area contributed by atoms with E-state index in [9.17, 15) is 0 Å². The lowest BCUT2D eigenvalue weighted by molar-refractivity contribution is -0.0644. The number of ether oxygens (including phenoxy) is 1. The van der Waals surface area contributed by atoms with E-state index in [-0.39, 0.29) is 6.23 Å². The van der Waals surface area contributed by atoms with Gasteiger partial charge in [0.1, 0.15) is 5.75 Å². The summed E-state index contributed by atoms with van der Waals surface area (Å²) in [5.41, 5.74) is 2.47. The highest BCUT2D eigenvalue weighted by atomic mass is 79.9. The number of thiophene rings is 1. The Morgan fingerprint density at radius 3 is 2.84 bits per heavy atom. The fraction of sp³-hybridized carbons (Fsp3) is 0.450. The first-order valence-corrected chi connectivity index (χ1v) is 10.8. The maximum absolute atomic E-state index is 6.51. The highest BCUT2D eigenvalue weighted by molar-refractivity contribution is 9.10. The Labute approximate surface area is 160 Å². The monoisotopic (exact) mass is 416 g/mol. The van der Waals surface area contributed by atoms with Gasteiger partial charge in [-0.05, 0) is 42.5 Å². The van der Waals surface area contributed by atoms with E-state index in [2.05, 4.69) is 56.7 Å². The molecule has 1 saturated carbocycles. The zero-order valence-electron chi connectivity index (χ0n) is 14.0. The second-order valence-corrected chi connectivity index (χ2v) is 9.08. The zero-order valence-corrected chi connectivity index (χ0v) is 16.4. The molecule has 0 spiro atoms. The number of rotatable bonds is 2. The van der Waals surface area contributed by atoms with Crippen LogP contribution in [0.15, 0.2) is 45.3 Å². The maximum Gasteiger partial charge on any atom is 0.190 e. The molecule has 0 bridgehead atoms. The van der Waals surface area contributed by atoms with Gasteiger partial charge in [-0.15, -0.1) is 11.3 Å². The fourth-order valence-electron chi connectivity index (χ4n) is 4.41. The summed E-state index contributed by atoms with van der Waals surface area (Å²) in [4.78, 5) is 1.29. The summed E-state index contributed by atoms with van der Waals surface area (Å²) in [6, 6.07) is 11.0. The van der Waals surface area contributed by atoms with E-state index in [0.717, 1.165) is 16.6 Å². The maximum atomic E-state index is 6.51. The van der Waals surface area contributed by atoms with Crippen molar-refractivity contribution in [1.29, 1.82) is 0 Å². The highest BCUT2D eigenvalue weighted by Crippen LogP contribution is 2.47. The average molecular weight is 417 g/mol. The Morgan fingerprint density at radius 2 is 2.04 bits per heavy atom. The van der Waals surface area contributed by atoms with Gasteiger partial charge in [0.15, 0.2) is 6.23 Å². The molecule has 5 heteroatoms. The molecule has 1 aromatic heterocycles. The Bertz CT molecular complexity index is 798. The van der Waals surface area contributed by atoms with Gasteiger partial charge in [-0.1, -0.05) is 41.3 Å². The van der Waals surface area contributed by atoms with Crippen LogP contribution in [0.5, 0.6) is 5.75 Å². The third-order valence-corrected chi connectivity index (χ3v) is 7.05. The van der Waals surface area contributed by atoms with Crippen LogP contribution in [0, 0.1) is 5.92 Å². The summed E-state index contributed by atoms with van der Waals surface area (Å²) < 4.78 is 7.61. The molecule has 1 aromatic carbocycles. The van der Waals surface area contributed by atoms with Crippen molar-refractivity contribution in [3.8, 4) is 5.75 Å². The van der Waals surface area contributed by atoms with E-state index < -0.39 is 0 Å². The molecule has 25 heavy (non-hydrogen) atoms. The van der Waals surface area contributed by atoms with E-state index in [4.69, 9.17) is 9.84 Å². The Kier molecular flexibility index (Phi) is 4.09. The molecule has 0 saturated heterocycles. The lowest BCUT2D eigenvalue weighted by Crippen LogP contribution is -2.45. The summed E-state index contributed by atoms with van der Waals surface area (Å²) in [6.07, 6.45) is 7.55. The summed E-state index contributed by atoms with van der Waals surface area (Å²) in [5, 5.41) is 9.47. The third kappa shape index (κ3) is 2.81. The number of benzene rings is 1. The average Bonchev–Trinajstić information content (AvgIpc) is 3.31. The van der Waals surface area contributed by atoms with E-state index in [1.165, 1.54) is 48.3 Å². The first kappa shape index (κ1) is 15.9. The lowest BCUT2D eigenvalue weighted by Gasteiger charge is -2.42. The second-order valence-electron chi connectivity index (χ2n) is 7.21. The molecular weight excluding hydrogens is 396 g/mol. The predicted octanol–water partition coefficient (Wildman–Crippen LogP) is 5.96. The Morgan fingerprint density at radius 1 is 1.16 bits per heavy atom. The van der Waals surface area contributed by atoms with Gasteiger partial charge in [0.25, 0.3) is 0 Å². The SMILES string of the molecule is Brc1ccc2c(c1)[C@@H]1CC(c3cccs3)=NN1[C@@H](C1CCCCC1)O2. The first-order valence-electron chi connectivity index (χ1n) is 9.15. The smallest absolute Gasteiger partial charge is 0.190 e. The molecule has 1 fully saturated rings. The Hall–Kier alpha value is -1.33. The second kappa shape index (κ2) is 6.44. The van der Waals surface area contributed by atoms with Crippen LogP contribution in [0.25, 0.3) is 0 Å². The van der Waals surface area contributed by atoms with Crippen molar-refractivity contribution < 1.29 is 4.74 Å². The van der Waals surface area contributed by atoms with Gasteiger partial charge >= 0.3 is 0 Å². The number of hydrogen-bond donors (Lipinski definition) is 0. The van der Waals surface area contributed by atoms with Gasteiger partial charge in [-0.3, -0.25) is 0 Å². The number of hydrogen-bond acceptors (Lipinski definition) is 4. The van der Waals surface area contributed by atoms with Crippen molar-refractivity contribution in [2.75, 3.05) is 0 Å². The van der Waals surface area contributed by atoms with E-state index in [1.54, 1.807) is 11.3 Å². The molecule has 0 unspecified atom stereocenters. The molecule has 1 aliphatic carbocycles. The minimum Gasteiger partial charge on any atom is -0.468 e. The summed E-state index contributed by atoms with van der Waals surface area (Å²) in [7, 11) is 0. The van der Waals surface area contributed by atoms with Gasteiger partial charge in [-0.2, -0.15) is 5.10 Å². The quantitative estimate of drug-likeness (QED) is 0.602. The van der Waals surface area contributed by atoms with Gasteiger partial charge in [0, 0.05) is 22.4 Å². The van der Waals surface area contributed by atoms with Crippen molar-refractivity contribution in [2.24, 2.45) is 11.0 Å². The van der Waals surface area contributed by atoms with Crippen LogP contribution >= 0.6 is 27.3 Å². The standard InChI is InChI=1S/C20H21BrN2OS/c21-14-8-9-18-15(11-14)17-12-16(19-7-4-10-25-19)22-23(17)20(24-18)13-5-2-1-3-6-13/h4,7-11,13,17,20H,1-3,5-6,12H2/t17-,20+/m0/s1. The molecule has 3 heterocycles. The highest BCUT2D eigenvalue weighted by Gasteiger charge is 2.43. The number of nitrogens with zero attached hydrogens (tertiary/aromatic N) is 2. The van der Waals surface area contributed by atoms with Crippen LogP contribution in [0.4, 0.5) is 0 Å². The van der Waals surface area contributed by atoms with Crippen LogP contribution in [0.2, 0.25) is 0 Å². The van der Waals surface area contributed by atoms with Crippen molar-refractivity contribution in [3.63, 3.8) is 0 Å². The van der Waals surface area contributed by atoms with Crippen LogP contribution in [0.3, 0.4) is 0 Å². The van der Waals surface area contributed by atoms with Gasteiger partial charge < -0.3 is 4.74 Å². The first-order chi connectivity index (χ1) is 12.3. The molecule has 0 amide bonds. The summed E-state index contributed by atoms with van der Waals surface area (Å²) in [6.45, 7) is 0. The largest absolute Gasteiger partial charge is 0.468 e. The molecule has 2 aromatic rings. The van der Waals surface area contributed by atoms with Crippen molar-refractivity contribution in [2.45, 2.75) is 50.8 Å². The van der Waals surface area contributed by atoms with E-state index >= 15 is 0 Å². The number of hydrazone groups is 1. The minimum absolute atomic E-state index is 0.0800. The molecule has 130 valence electrons. The molecule has 3 nitrogen and oxygen atoms in total. The fourth-order valence-corrected chi connectivity index (χ4v) is 5.51. The molecule has 2 atom stereocenters. The molecule has 3 aliphatic rings. The van der Waals surface area contributed by atoms with Gasteiger partial charge in [-0.25, -0.2) is 5.01 Å².